The minimum atomic E-state index is -0.394. The lowest BCUT2D eigenvalue weighted by molar-refractivity contribution is 0.171. The largest absolute Gasteiger partial charge is 0.494 e. The van der Waals surface area contributed by atoms with Crippen LogP contribution < -0.4 is 10.1 Å². The fourth-order valence-electron chi connectivity index (χ4n) is 1.76. The maximum Gasteiger partial charge on any atom is 0.119 e. The maximum absolute atomic E-state index is 9.63. The molecular weight excluding hydrogens is 226 g/mol. The van der Waals surface area contributed by atoms with Crippen molar-refractivity contribution in [2.75, 3.05) is 19.8 Å². The van der Waals surface area contributed by atoms with E-state index in [9.17, 15) is 5.11 Å². The van der Waals surface area contributed by atoms with E-state index in [0.717, 1.165) is 17.9 Å². The number of hydrogen-bond acceptors (Lipinski definition) is 3. The lowest BCUT2D eigenvalue weighted by Gasteiger charge is -2.30. The average Bonchev–Trinajstić information content (AvgIpc) is 2.37. The van der Waals surface area contributed by atoms with Crippen molar-refractivity contribution in [2.45, 2.75) is 33.2 Å². The number of aliphatic hydroxyl groups is 1. The van der Waals surface area contributed by atoms with Crippen molar-refractivity contribution >= 4 is 0 Å². The first kappa shape index (κ1) is 15.0. The minimum absolute atomic E-state index is 0.0771. The molecule has 18 heavy (non-hydrogen) atoms. The van der Waals surface area contributed by atoms with Gasteiger partial charge in [-0.3, -0.25) is 0 Å². The highest BCUT2D eigenvalue weighted by molar-refractivity contribution is 5.31. The Balaban J connectivity index is 2.80. The maximum atomic E-state index is 9.63. The summed E-state index contributed by atoms with van der Waals surface area (Å²) >= 11 is 0. The second-order valence-electron chi connectivity index (χ2n) is 5.22. The SMILES string of the molecule is CCOc1ccc(C(C)(CO)NCC(C)C)cc1. The molecule has 0 bridgehead atoms. The zero-order valence-electron chi connectivity index (χ0n) is 11.9. The second-order valence-corrected chi connectivity index (χ2v) is 5.22. The van der Waals surface area contributed by atoms with Crippen LogP contribution in [0.3, 0.4) is 0 Å². The van der Waals surface area contributed by atoms with E-state index in [1.54, 1.807) is 0 Å². The van der Waals surface area contributed by atoms with Crippen molar-refractivity contribution < 1.29 is 9.84 Å². The molecule has 0 saturated carbocycles. The Morgan fingerprint density at radius 3 is 2.33 bits per heavy atom. The van der Waals surface area contributed by atoms with Gasteiger partial charge in [-0.25, -0.2) is 0 Å². The van der Waals surface area contributed by atoms with Gasteiger partial charge < -0.3 is 15.2 Å². The summed E-state index contributed by atoms with van der Waals surface area (Å²) in [4.78, 5) is 0. The summed E-state index contributed by atoms with van der Waals surface area (Å²) in [6, 6.07) is 7.91. The van der Waals surface area contributed by atoms with Gasteiger partial charge in [0.05, 0.1) is 18.8 Å². The number of aliphatic hydroxyl groups excluding tert-OH is 1. The van der Waals surface area contributed by atoms with Crippen molar-refractivity contribution in [1.29, 1.82) is 0 Å². The number of ether oxygens (including phenoxy) is 1. The molecule has 1 aromatic carbocycles. The van der Waals surface area contributed by atoms with Gasteiger partial charge in [0.1, 0.15) is 5.75 Å². The Kier molecular flexibility index (Phi) is 5.63. The summed E-state index contributed by atoms with van der Waals surface area (Å²) in [7, 11) is 0. The van der Waals surface area contributed by atoms with Gasteiger partial charge in [-0.1, -0.05) is 26.0 Å². The van der Waals surface area contributed by atoms with Crippen LogP contribution in [-0.2, 0) is 5.54 Å². The lowest BCUT2D eigenvalue weighted by atomic mass is 9.92. The highest BCUT2D eigenvalue weighted by atomic mass is 16.5. The molecule has 2 N–H and O–H groups in total. The molecular formula is C15H25NO2. The van der Waals surface area contributed by atoms with E-state index in [1.807, 2.05) is 38.1 Å². The van der Waals surface area contributed by atoms with Crippen LogP contribution >= 0.6 is 0 Å². The monoisotopic (exact) mass is 251 g/mol. The van der Waals surface area contributed by atoms with Gasteiger partial charge in [-0.2, -0.15) is 0 Å². The van der Waals surface area contributed by atoms with E-state index >= 15 is 0 Å². The highest BCUT2D eigenvalue weighted by Gasteiger charge is 2.25. The van der Waals surface area contributed by atoms with E-state index in [1.165, 1.54) is 0 Å². The zero-order chi connectivity index (χ0) is 13.6. The molecule has 3 nitrogen and oxygen atoms in total. The molecule has 102 valence electrons. The molecule has 0 aliphatic carbocycles. The minimum Gasteiger partial charge on any atom is -0.494 e. The van der Waals surface area contributed by atoms with E-state index < -0.39 is 5.54 Å². The summed E-state index contributed by atoms with van der Waals surface area (Å²) in [5, 5.41) is 13.1. The van der Waals surface area contributed by atoms with Gasteiger partial charge in [0.25, 0.3) is 0 Å². The van der Waals surface area contributed by atoms with Gasteiger partial charge in [-0.15, -0.1) is 0 Å². The zero-order valence-corrected chi connectivity index (χ0v) is 11.9. The van der Waals surface area contributed by atoms with Crippen LogP contribution in [0.5, 0.6) is 5.75 Å². The third-order valence-corrected chi connectivity index (χ3v) is 3.02. The Labute approximate surface area is 110 Å². The Morgan fingerprint density at radius 1 is 1.28 bits per heavy atom. The average molecular weight is 251 g/mol. The second kappa shape index (κ2) is 6.76. The Morgan fingerprint density at radius 2 is 1.89 bits per heavy atom. The van der Waals surface area contributed by atoms with Gasteiger partial charge in [-0.05, 0) is 44.0 Å². The van der Waals surface area contributed by atoms with Crippen LogP contribution in [0.4, 0.5) is 0 Å². The summed E-state index contributed by atoms with van der Waals surface area (Å²) in [5.74, 6) is 1.42. The third-order valence-electron chi connectivity index (χ3n) is 3.02. The smallest absolute Gasteiger partial charge is 0.119 e. The van der Waals surface area contributed by atoms with Crippen molar-refractivity contribution in [1.82, 2.24) is 5.32 Å². The molecule has 0 aromatic heterocycles. The number of rotatable bonds is 7. The summed E-state index contributed by atoms with van der Waals surface area (Å²) < 4.78 is 5.42. The van der Waals surface area contributed by atoms with Crippen molar-refractivity contribution in [3.05, 3.63) is 29.8 Å². The molecule has 0 amide bonds. The van der Waals surface area contributed by atoms with Crippen LogP contribution in [0.2, 0.25) is 0 Å². The molecule has 1 atom stereocenters. The lowest BCUT2D eigenvalue weighted by Crippen LogP contribution is -2.44. The summed E-state index contributed by atoms with van der Waals surface area (Å²) in [6.07, 6.45) is 0. The summed E-state index contributed by atoms with van der Waals surface area (Å²) in [5.41, 5.74) is 0.684. The molecule has 0 heterocycles. The third kappa shape index (κ3) is 4.00. The molecule has 0 fully saturated rings. The molecule has 0 aliphatic rings. The molecule has 0 radical (unpaired) electrons. The first-order valence-corrected chi connectivity index (χ1v) is 6.61. The Bertz CT molecular complexity index is 348. The molecule has 3 heteroatoms. The van der Waals surface area contributed by atoms with Crippen LogP contribution in [0.15, 0.2) is 24.3 Å². The normalized spacial score (nSPS) is 14.6. The predicted molar refractivity (Wildman–Crippen MR) is 74.9 cm³/mol. The highest BCUT2D eigenvalue weighted by Crippen LogP contribution is 2.23. The van der Waals surface area contributed by atoms with Gasteiger partial charge in [0.2, 0.25) is 0 Å². The molecule has 0 aliphatic heterocycles. The summed E-state index contributed by atoms with van der Waals surface area (Å²) in [6.45, 7) is 9.92. The quantitative estimate of drug-likeness (QED) is 0.782. The predicted octanol–water partition coefficient (Wildman–Crippen LogP) is 2.54. The van der Waals surface area contributed by atoms with Gasteiger partial charge >= 0.3 is 0 Å². The van der Waals surface area contributed by atoms with Crippen LogP contribution in [0, 0.1) is 5.92 Å². The topological polar surface area (TPSA) is 41.5 Å². The van der Waals surface area contributed by atoms with Crippen molar-refractivity contribution in [2.24, 2.45) is 5.92 Å². The number of nitrogens with one attached hydrogen (secondary N) is 1. The van der Waals surface area contributed by atoms with Crippen LogP contribution in [0.25, 0.3) is 0 Å². The fourth-order valence-corrected chi connectivity index (χ4v) is 1.76. The fraction of sp³-hybridized carbons (Fsp3) is 0.600. The van der Waals surface area contributed by atoms with Crippen molar-refractivity contribution in [3.63, 3.8) is 0 Å². The van der Waals surface area contributed by atoms with Gasteiger partial charge in [0, 0.05) is 0 Å². The van der Waals surface area contributed by atoms with Crippen molar-refractivity contribution in [3.8, 4) is 5.75 Å². The van der Waals surface area contributed by atoms with Crippen LogP contribution in [-0.4, -0.2) is 24.9 Å². The van der Waals surface area contributed by atoms with E-state index in [2.05, 4.69) is 19.2 Å². The molecule has 0 spiro atoms. The molecule has 1 rings (SSSR count). The van der Waals surface area contributed by atoms with E-state index in [0.29, 0.717) is 12.5 Å². The molecule has 1 aromatic rings. The van der Waals surface area contributed by atoms with E-state index in [4.69, 9.17) is 4.74 Å². The van der Waals surface area contributed by atoms with Gasteiger partial charge in [0.15, 0.2) is 0 Å². The number of hydrogen-bond donors (Lipinski definition) is 2. The standard InChI is InChI=1S/C15H25NO2/c1-5-18-14-8-6-13(7-9-14)15(4,11-17)16-10-12(2)3/h6-9,12,16-17H,5,10-11H2,1-4H3. The first-order valence-electron chi connectivity index (χ1n) is 6.61. The van der Waals surface area contributed by atoms with E-state index in [-0.39, 0.29) is 6.61 Å². The van der Waals surface area contributed by atoms with Crippen LogP contribution in [0.1, 0.15) is 33.3 Å². The number of benzene rings is 1. The molecule has 0 saturated heterocycles. The Hall–Kier alpha value is -1.06. The molecule has 1 unspecified atom stereocenters. The first-order chi connectivity index (χ1) is 8.51.